The number of hydrogen-bond acceptors (Lipinski definition) is 32. The van der Waals surface area contributed by atoms with Gasteiger partial charge in [0.2, 0.25) is 20.0 Å². The van der Waals surface area contributed by atoms with E-state index in [0.717, 1.165) is 118 Å². The van der Waals surface area contributed by atoms with Crippen molar-refractivity contribution in [2.75, 3.05) is 98.4 Å². The summed E-state index contributed by atoms with van der Waals surface area (Å²) in [6, 6.07) is 32.4. The van der Waals surface area contributed by atoms with Crippen molar-refractivity contribution in [2.24, 2.45) is 54.9 Å². The van der Waals surface area contributed by atoms with Gasteiger partial charge in [0.25, 0.3) is 0 Å². The van der Waals surface area contributed by atoms with E-state index in [9.17, 15) is 37.6 Å². The summed E-state index contributed by atoms with van der Waals surface area (Å²) in [6.45, 7) is 15.7. The molecule has 8 aliphatic heterocycles. The fourth-order valence-corrected chi connectivity index (χ4v) is 27.4. The minimum absolute atomic E-state index is 0.00785. The number of hydrogen-bond donors (Lipinski definition) is 8. The van der Waals surface area contributed by atoms with Crippen molar-refractivity contribution >= 4 is 206 Å². The van der Waals surface area contributed by atoms with Crippen LogP contribution in [0.1, 0.15) is 102 Å². The molecular formula is C88H96Cl8N24O10S6. The molecule has 16 heterocycles. The second-order valence-electron chi connectivity index (χ2n) is 35.2. The number of benzene rings is 4. The van der Waals surface area contributed by atoms with E-state index in [1.807, 2.05) is 67.3 Å². The van der Waals surface area contributed by atoms with E-state index in [-0.39, 0.29) is 115 Å². The number of rotatable bonds is 16. The highest BCUT2D eigenvalue weighted by molar-refractivity contribution is 8.01. The van der Waals surface area contributed by atoms with Gasteiger partial charge in [-0.2, -0.15) is 29.8 Å². The van der Waals surface area contributed by atoms with Crippen LogP contribution in [0.3, 0.4) is 0 Å². The standard InChI is InChI=1S/C23H24Cl2N6O2S.C22H26Cl2N6O4S2.C22H22Cl2N6OS.C21H24Cl2N6O3S2/c1-13-21(27)23(12-33-13)5-7-30(8-6-23)18-9-14(10-26)20(22-29-28-17(11-32)31(18)22)34-16-4-2-3-15(24)19(16)25;1-12-20(25)22(11-34-12)5-7-29(8-6-22)17-9-15(36(26,32)33)19(21-28-27-16(10-31)30(17)21)35-14-4-2-3-13(23)18(14)24;1-13-20(26)22(11-31-13)5-7-29(8-6-22)17-9-14(10-25)19(21-27-12-28-30(17)21)32-16-4-2-3-15(23)18(16)24;1-12-19(24)21(10-32-12)5-7-28(8-6-21)16-9-15(34(25,30)31)18(20-26-11-27-29(16)20)33-14-4-2-3-13(22)17(14)23/h2-4,9,13,21,32H,5-8,11-12,27H2,1H3;2-4,9,12,20,31H,5-8,10-11,25H2,1H3,(H2,26,32,33);2-4,9,12-13,20H,5-8,11,26H2,1H3;2-4,9,11-12,19H,5-8,10,24H2,1H3,(H2,25,30,31). The summed E-state index contributed by atoms with van der Waals surface area (Å²) in [5, 5.41) is 80.0. The zero-order valence-corrected chi connectivity index (χ0v) is 84.7. The minimum Gasteiger partial charge on any atom is -0.388 e. The molecule has 0 radical (unpaired) electrons. The monoisotopic (exact) mass is 2120 g/mol. The molecule has 4 aromatic carbocycles. The van der Waals surface area contributed by atoms with Gasteiger partial charge in [-0.3, -0.25) is 8.80 Å². The van der Waals surface area contributed by atoms with Crippen LogP contribution in [-0.2, 0) is 52.2 Å². The normalized spacial score (nSPS) is 22.3. The van der Waals surface area contributed by atoms with Crippen LogP contribution >= 0.6 is 140 Å². The number of nitrogens with two attached hydrogens (primary N) is 6. The van der Waals surface area contributed by atoms with Crippen LogP contribution in [0, 0.1) is 44.3 Å². The number of pyridine rings is 4. The lowest BCUT2D eigenvalue weighted by molar-refractivity contribution is 0.0973. The van der Waals surface area contributed by atoms with Gasteiger partial charge in [0, 0.05) is 130 Å². The van der Waals surface area contributed by atoms with Crippen molar-refractivity contribution in [1.82, 2.24) is 58.4 Å². The van der Waals surface area contributed by atoms with E-state index in [0.29, 0.717) is 163 Å². The van der Waals surface area contributed by atoms with Crippen molar-refractivity contribution < 1.29 is 46.0 Å². The summed E-state index contributed by atoms with van der Waals surface area (Å²) in [7, 11) is -8.26. The fraction of sp³-hybridized carbons (Fsp3) is 0.432. The molecule has 0 saturated carbocycles. The fourth-order valence-electron chi connectivity index (χ4n) is 19.4. The van der Waals surface area contributed by atoms with Crippen LogP contribution in [0.15, 0.2) is 159 Å². The van der Waals surface area contributed by atoms with Gasteiger partial charge in [-0.1, -0.05) is 164 Å². The lowest BCUT2D eigenvalue weighted by atomic mass is 9.73. The molecule has 48 heteroatoms. The molecule has 8 saturated heterocycles. The number of piperidine rings is 4. The van der Waals surface area contributed by atoms with Crippen molar-refractivity contribution in [2.45, 2.75) is 190 Å². The van der Waals surface area contributed by atoms with Crippen molar-refractivity contribution in [3.8, 4) is 12.1 Å². The topological polar surface area (TPSA) is 483 Å². The van der Waals surface area contributed by atoms with Gasteiger partial charge in [0.1, 0.15) is 71.1 Å². The molecular weight excluding hydrogens is 2030 g/mol. The number of nitriles is 2. The van der Waals surface area contributed by atoms with E-state index in [1.54, 1.807) is 74.1 Å². The molecule has 0 amide bonds. The van der Waals surface area contributed by atoms with Crippen LogP contribution in [-0.4, -0.2) is 213 Å². The zero-order chi connectivity index (χ0) is 96.6. The first-order chi connectivity index (χ1) is 65.0. The van der Waals surface area contributed by atoms with Crippen LogP contribution < -0.4 is 52.8 Å². The lowest BCUT2D eigenvalue weighted by Crippen LogP contribution is -2.51. The lowest BCUT2D eigenvalue weighted by Gasteiger charge is -2.42. The van der Waals surface area contributed by atoms with Crippen LogP contribution in [0.5, 0.6) is 0 Å². The Kier molecular flexibility index (Phi) is 29.9. The maximum atomic E-state index is 12.8. The minimum atomic E-state index is -4.17. The maximum absolute atomic E-state index is 12.8. The number of fused-ring (bicyclic) bond motifs is 4. The molecule has 0 bridgehead atoms. The summed E-state index contributed by atoms with van der Waals surface area (Å²) in [5.41, 5.74) is 28.4. The first kappa shape index (κ1) is 100. The van der Waals surface area contributed by atoms with Gasteiger partial charge in [0.05, 0.1) is 122 Å². The smallest absolute Gasteiger partial charge is 0.239 e. The number of aliphatic hydroxyl groups excluding tert-OH is 2. The molecule has 34 nitrogen and oxygen atoms in total. The number of aliphatic hydroxyl groups is 2. The molecule has 8 atom stereocenters. The van der Waals surface area contributed by atoms with Gasteiger partial charge < -0.3 is 71.7 Å². The van der Waals surface area contributed by atoms with E-state index in [4.69, 9.17) is 145 Å². The van der Waals surface area contributed by atoms with Crippen LogP contribution in [0.25, 0.3) is 22.6 Å². The Balaban J connectivity index is 0.000000126. The molecule has 136 heavy (non-hydrogen) atoms. The largest absolute Gasteiger partial charge is 0.388 e. The summed E-state index contributed by atoms with van der Waals surface area (Å²) >= 11 is 55.1. The van der Waals surface area contributed by atoms with Gasteiger partial charge in [-0.25, -0.2) is 37.1 Å². The quantitative estimate of drug-likeness (QED) is 0.0445. The molecule has 20 rings (SSSR count). The average molecular weight is 2130 g/mol. The average Bonchev–Trinajstić information content (AvgIpc) is 1.55. The highest BCUT2D eigenvalue weighted by Gasteiger charge is 2.52. The first-order valence-electron chi connectivity index (χ1n) is 43.6. The summed E-state index contributed by atoms with van der Waals surface area (Å²) in [6.07, 6.45) is 9.90. The molecule has 720 valence electrons. The highest BCUT2D eigenvalue weighted by atomic mass is 35.5. The number of aromatic nitrogens is 12. The second kappa shape index (κ2) is 40.6. The van der Waals surface area contributed by atoms with Crippen LogP contribution in [0.2, 0.25) is 40.2 Å². The Morgan fingerprint density at radius 2 is 0.669 bits per heavy atom. The Bertz CT molecular complexity index is 6910. The van der Waals surface area contributed by atoms with Gasteiger partial charge >= 0.3 is 0 Å². The first-order valence-corrected chi connectivity index (χ1v) is 53.0. The third-order valence-electron chi connectivity index (χ3n) is 27.6. The van der Waals surface area contributed by atoms with Gasteiger partial charge in [-0.05, 0) is 140 Å². The highest BCUT2D eigenvalue weighted by Crippen LogP contribution is 2.52. The van der Waals surface area contributed by atoms with E-state index in [1.165, 1.54) is 42.2 Å². The number of primary sulfonamides is 2. The summed E-state index contributed by atoms with van der Waals surface area (Å²) < 4.78 is 81.2. The molecule has 8 aromatic heterocycles. The summed E-state index contributed by atoms with van der Waals surface area (Å²) in [5.74, 6) is 3.44. The summed E-state index contributed by atoms with van der Waals surface area (Å²) in [4.78, 5) is 21.7. The maximum Gasteiger partial charge on any atom is 0.239 e. The second-order valence-corrected chi connectivity index (χ2v) is 45.6. The van der Waals surface area contributed by atoms with E-state index in [2.05, 4.69) is 67.4 Å². The third-order valence-corrected chi connectivity index (χ3v) is 38.2. The number of nitrogens with zero attached hydrogens (tertiary/aromatic N) is 18. The van der Waals surface area contributed by atoms with Crippen LogP contribution in [0.4, 0.5) is 23.3 Å². The zero-order valence-electron chi connectivity index (χ0n) is 73.7. The molecule has 0 aliphatic carbocycles. The molecule has 12 aromatic rings. The Morgan fingerprint density at radius 1 is 0.404 bits per heavy atom. The predicted molar refractivity (Wildman–Crippen MR) is 527 cm³/mol. The number of halogens is 8. The predicted octanol–water partition coefficient (Wildman–Crippen LogP) is 14.1. The van der Waals surface area contributed by atoms with E-state index < -0.39 is 20.0 Å². The molecule has 8 unspecified atom stereocenters. The van der Waals surface area contributed by atoms with E-state index >= 15 is 0 Å². The van der Waals surface area contributed by atoms with Crippen molar-refractivity contribution in [3.63, 3.8) is 0 Å². The van der Waals surface area contributed by atoms with Crippen molar-refractivity contribution in [3.05, 3.63) is 173 Å². The number of anilines is 4. The third kappa shape index (κ3) is 19.2. The SMILES string of the molecule is CC1OCC2(CCN(c3cc(C#N)c(Sc4cccc(Cl)c4Cl)c4ncnn34)CC2)C1N.CC1OCC2(CCN(c3cc(C#N)c(Sc4cccc(Cl)c4Cl)c4nnc(CO)n34)CC2)C1N.CC1OCC2(CCN(c3cc(S(N)(=O)=O)c(Sc4cccc(Cl)c4Cl)c4ncnn34)CC2)C1N.CC1OCC2(CCN(c3cc(S(N)(=O)=O)c(Sc4cccc(Cl)c4Cl)c4nnc(CO)n34)CC2)C1N. The Morgan fingerprint density at radius 3 is 0.971 bits per heavy atom. The van der Waals surface area contributed by atoms with Gasteiger partial charge in [-0.15, -0.1) is 20.4 Å². The van der Waals surface area contributed by atoms with Gasteiger partial charge in [0.15, 0.2) is 34.2 Å². The molecule has 4 spiro atoms. The number of sulfonamides is 2. The Hall–Kier alpha value is -7.32. The molecule has 8 fully saturated rings. The molecule has 14 N–H and O–H groups in total. The Labute approximate surface area is 841 Å². The molecule has 8 aliphatic rings. The van der Waals surface area contributed by atoms with Crippen molar-refractivity contribution in [1.29, 1.82) is 10.5 Å². The number of ether oxygens (including phenoxy) is 4.